The zero-order chi connectivity index (χ0) is 34.9. The van der Waals surface area contributed by atoms with Crippen molar-refractivity contribution >= 4 is 74.9 Å². The summed E-state index contributed by atoms with van der Waals surface area (Å²) in [4.78, 5) is 20.7. The van der Waals surface area contributed by atoms with Crippen LogP contribution in [0.15, 0.2) is 164 Å². The molecule has 11 rings (SSSR count). The smallest absolute Gasteiger partial charge is 0.238 e. The van der Waals surface area contributed by atoms with E-state index in [-0.39, 0.29) is 0 Å². The van der Waals surface area contributed by atoms with Crippen LogP contribution in [0.5, 0.6) is 0 Å². The van der Waals surface area contributed by atoms with Gasteiger partial charge >= 0.3 is 0 Å². The molecule has 0 bridgehead atoms. The van der Waals surface area contributed by atoms with Crippen molar-refractivity contribution in [3.8, 4) is 50.4 Å². The molecule has 7 heteroatoms. The summed E-state index contributed by atoms with van der Waals surface area (Å²) in [5, 5.41) is 5.74. The molecule has 4 aromatic heterocycles. The van der Waals surface area contributed by atoms with E-state index in [9.17, 15) is 0 Å². The van der Waals surface area contributed by atoms with Gasteiger partial charge in [-0.15, -0.1) is 22.7 Å². The van der Waals surface area contributed by atoms with Crippen molar-refractivity contribution in [3.05, 3.63) is 164 Å². The fourth-order valence-corrected chi connectivity index (χ4v) is 9.65. The summed E-state index contributed by atoms with van der Waals surface area (Å²) in [5.41, 5.74) is 8.52. The summed E-state index contributed by atoms with van der Waals surface area (Å²) >= 11 is 3.51. The molecule has 0 saturated heterocycles. The number of aromatic nitrogens is 5. The van der Waals surface area contributed by atoms with Gasteiger partial charge in [-0.1, -0.05) is 121 Å². The molecule has 7 aromatic carbocycles. The number of benzene rings is 7. The van der Waals surface area contributed by atoms with E-state index in [4.69, 9.17) is 19.9 Å². The predicted octanol–water partition coefficient (Wildman–Crippen LogP) is 12.6. The van der Waals surface area contributed by atoms with Crippen LogP contribution in [0, 0.1) is 0 Å². The predicted molar refractivity (Wildman–Crippen MR) is 222 cm³/mol. The van der Waals surface area contributed by atoms with E-state index in [0.717, 1.165) is 48.3 Å². The van der Waals surface area contributed by atoms with Gasteiger partial charge in [0.1, 0.15) is 5.01 Å². The van der Waals surface area contributed by atoms with Gasteiger partial charge in [-0.2, -0.15) is 9.97 Å². The minimum Gasteiger partial charge on any atom is -0.278 e. The zero-order valence-electron chi connectivity index (χ0n) is 28.1. The van der Waals surface area contributed by atoms with E-state index in [1.807, 2.05) is 24.3 Å². The van der Waals surface area contributed by atoms with E-state index < -0.39 is 0 Å². The lowest BCUT2D eigenvalue weighted by molar-refractivity contribution is 0.954. The van der Waals surface area contributed by atoms with Crippen molar-refractivity contribution in [3.63, 3.8) is 0 Å². The Balaban J connectivity index is 1.14. The minimum atomic E-state index is 0.585. The molecule has 0 aliphatic rings. The highest BCUT2D eigenvalue weighted by Crippen LogP contribution is 2.43. The second kappa shape index (κ2) is 12.0. The lowest BCUT2D eigenvalue weighted by Gasteiger charge is -2.11. The Morgan fingerprint density at radius 1 is 0.415 bits per heavy atom. The molecular formula is C46H27N5S2. The van der Waals surface area contributed by atoms with Crippen molar-refractivity contribution in [2.45, 2.75) is 0 Å². The minimum absolute atomic E-state index is 0.585. The average Bonchev–Trinajstić information content (AvgIpc) is 3.93. The Labute approximate surface area is 312 Å². The number of fused-ring (bicyclic) bond motifs is 7. The zero-order valence-corrected chi connectivity index (χ0v) is 29.8. The molecule has 0 radical (unpaired) electrons. The van der Waals surface area contributed by atoms with Gasteiger partial charge in [0.15, 0.2) is 11.6 Å². The van der Waals surface area contributed by atoms with Gasteiger partial charge < -0.3 is 0 Å². The molecule has 0 atom stereocenters. The fraction of sp³-hybridized carbons (Fsp3) is 0. The van der Waals surface area contributed by atoms with Gasteiger partial charge in [-0.05, 0) is 53.6 Å². The summed E-state index contributed by atoms with van der Waals surface area (Å²) < 4.78 is 5.75. The molecule has 0 fully saturated rings. The third kappa shape index (κ3) is 4.89. The molecule has 4 heterocycles. The summed E-state index contributed by atoms with van der Waals surface area (Å²) in [5.74, 6) is 1.86. The first-order valence-electron chi connectivity index (χ1n) is 17.5. The standard InChI is InChI=1S/C46H27N5S2/c1-3-13-28(14-4-1)31-18-12-23-38-41(31)33-17-7-9-22-37(33)51(38)46-49-43(29-15-5-2-6-16-29)48-44(50-46)34-20-11-19-32-35-27-30(25-26-39(35)52-42(32)34)45-47-36-21-8-10-24-40(36)53-45/h1-27H. The summed E-state index contributed by atoms with van der Waals surface area (Å²) in [6.07, 6.45) is 0. The van der Waals surface area contributed by atoms with E-state index in [2.05, 4.69) is 144 Å². The van der Waals surface area contributed by atoms with E-state index in [1.165, 1.54) is 36.7 Å². The molecule has 0 N–H and O–H groups in total. The van der Waals surface area contributed by atoms with Crippen LogP contribution < -0.4 is 0 Å². The second-order valence-electron chi connectivity index (χ2n) is 13.0. The van der Waals surface area contributed by atoms with Gasteiger partial charge in [0.05, 0.1) is 21.3 Å². The fourth-order valence-electron chi connectivity index (χ4n) is 7.50. The van der Waals surface area contributed by atoms with Crippen molar-refractivity contribution in [1.82, 2.24) is 24.5 Å². The molecule has 0 spiro atoms. The van der Waals surface area contributed by atoms with Crippen LogP contribution in [-0.2, 0) is 0 Å². The molecule has 0 unspecified atom stereocenters. The molecule has 0 aliphatic heterocycles. The Morgan fingerprint density at radius 2 is 1.11 bits per heavy atom. The van der Waals surface area contributed by atoms with Crippen LogP contribution in [0.4, 0.5) is 0 Å². The highest BCUT2D eigenvalue weighted by atomic mass is 32.1. The summed E-state index contributed by atoms with van der Waals surface area (Å²) in [6, 6.07) is 57.3. The van der Waals surface area contributed by atoms with Crippen LogP contribution in [0.3, 0.4) is 0 Å². The van der Waals surface area contributed by atoms with Crippen molar-refractivity contribution in [2.75, 3.05) is 0 Å². The maximum Gasteiger partial charge on any atom is 0.238 e. The topological polar surface area (TPSA) is 56.5 Å². The number of hydrogen-bond donors (Lipinski definition) is 0. The monoisotopic (exact) mass is 713 g/mol. The Bertz CT molecular complexity index is 3150. The molecule has 53 heavy (non-hydrogen) atoms. The van der Waals surface area contributed by atoms with Crippen LogP contribution in [0.25, 0.3) is 103 Å². The van der Waals surface area contributed by atoms with E-state index in [1.54, 1.807) is 22.7 Å². The molecule has 11 aromatic rings. The number of para-hydroxylation sites is 2. The molecule has 0 amide bonds. The maximum absolute atomic E-state index is 5.32. The lowest BCUT2D eigenvalue weighted by atomic mass is 9.99. The summed E-state index contributed by atoms with van der Waals surface area (Å²) in [7, 11) is 0. The van der Waals surface area contributed by atoms with Crippen LogP contribution >= 0.6 is 22.7 Å². The van der Waals surface area contributed by atoms with E-state index >= 15 is 0 Å². The second-order valence-corrected chi connectivity index (χ2v) is 15.1. The highest BCUT2D eigenvalue weighted by Gasteiger charge is 2.21. The molecule has 0 saturated carbocycles. The molecule has 5 nitrogen and oxygen atoms in total. The normalized spacial score (nSPS) is 11.8. The van der Waals surface area contributed by atoms with Gasteiger partial charge in [-0.3, -0.25) is 4.57 Å². The third-order valence-electron chi connectivity index (χ3n) is 9.92. The number of thiophene rings is 1. The first-order chi connectivity index (χ1) is 26.3. The SMILES string of the molecule is c1ccc(-c2nc(-c3cccc4c3sc3ccc(-c5nc6ccccc6s5)cc34)nc(-n3c4ccccc4c4c(-c5ccccc5)cccc43)n2)cc1. The number of thiazole rings is 1. The van der Waals surface area contributed by atoms with Crippen molar-refractivity contribution < 1.29 is 0 Å². The first kappa shape index (κ1) is 30.1. The number of hydrogen-bond acceptors (Lipinski definition) is 6. The molecule has 0 aliphatic carbocycles. The lowest BCUT2D eigenvalue weighted by Crippen LogP contribution is -2.06. The Morgan fingerprint density at radius 3 is 1.98 bits per heavy atom. The van der Waals surface area contributed by atoms with Crippen LogP contribution in [0.2, 0.25) is 0 Å². The highest BCUT2D eigenvalue weighted by molar-refractivity contribution is 7.26. The van der Waals surface area contributed by atoms with Gasteiger partial charge in [-0.25, -0.2) is 9.97 Å². The first-order valence-corrected chi connectivity index (χ1v) is 19.1. The van der Waals surface area contributed by atoms with E-state index in [0.29, 0.717) is 17.6 Å². The number of rotatable bonds is 5. The molecular weight excluding hydrogens is 687 g/mol. The Hall–Kier alpha value is -6.54. The van der Waals surface area contributed by atoms with Crippen LogP contribution in [0.1, 0.15) is 0 Å². The number of nitrogens with zero attached hydrogens (tertiary/aromatic N) is 5. The molecule has 248 valence electrons. The van der Waals surface area contributed by atoms with Crippen molar-refractivity contribution in [2.24, 2.45) is 0 Å². The largest absolute Gasteiger partial charge is 0.278 e. The maximum atomic E-state index is 5.32. The van der Waals surface area contributed by atoms with Crippen molar-refractivity contribution in [1.29, 1.82) is 0 Å². The average molecular weight is 714 g/mol. The third-order valence-corrected chi connectivity index (χ3v) is 12.2. The van der Waals surface area contributed by atoms with Gasteiger partial charge in [0.25, 0.3) is 0 Å². The quantitative estimate of drug-likeness (QED) is 0.178. The van der Waals surface area contributed by atoms with Gasteiger partial charge in [0, 0.05) is 47.6 Å². The Kier molecular flexibility index (Phi) is 6.83. The van der Waals surface area contributed by atoms with Crippen LogP contribution in [-0.4, -0.2) is 24.5 Å². The summed E-state index contributed by atoms with van der Waals surface area (Å²) in [6.45, 7) is 0. The van der Waals surface area contributed by atoms with Gasteiger partial charge in [0.2, 0.25) is 5.95 Å².